The fourth-order valence-corrected chi connectivity index (χ4v) is 3.21. The molecule has 0 spiro atoms. The Morgan fingerprint density at radius 3 is 2.95 bits per heavy atom. The molecule has 20 heavy (non-hydrogen) atoms. The van der Waals surface area contributed by atoms with Crippen molar-refractivity contribution in [1.82, 2.24) is 4.98 Å². The number of carbonyl (C=O) groups is 1. The van der Waals surface area contributed by atoms with Crippen molar-refractivity contribution < 1.29 is 9.90 Å². The van der Waals surface area contributed by atoms with Crippen LogP contribution in [0.4, 0.5) is 5.69 Å². The highest BCUT2D eigenvalue weighted by Gasteiger charge is 2.40. The van der Waals surface area contributed by atoms with Crippen LogP contribution in [0.2, 0.25) is 0 Å². The van der Waals surface area contributed by atoms with Crippen molar-refractivity contribution in [3.63, 3.8) is 0 Å². The van der Waals surface area contributed by atoms with Gasteiger partial charge in [-0.2, -0.15) is 0 Å². The van der Waals surface area contributed by atoms with Crippen molar-refractivity contribution in [2.24, 2.45) is 5.41 Å². The van der Waals surface area contributed by atoms with Crippen LogP contribution in [0.1, 0.15) is 13.3 Å². The first-order valence-corrected chi connectivity index (χ1v) is 7.32. The molecule has 1 aliphatic heterocycles. The Balaban J connectivity index is 2.04. The number of aliphatic carboxylic acids is 1. The molecule has 1 saturated heterocycles. The van der Waals surface area contributed by atoms with Crippen LogP contribution in [-0.4, -0.2) is 29.1 Å². The lowest BCUT2D eigenvalue weighted by molar-refractivity contribution is -0.146. The number of benzene rings is 1. The molecule has 0 radical (unpaired) electrons. The second-order valence-electron chi connectivity index (χ2n) is 5.50. The van der Waals surface area contributed by atoms with Crippen LogP contribution in [0.25, 0.3) is 10.9 Å². The summed E-state index contributed by atoms with van der Waals surface area (Å²) >= 11 is 3.51. The second-order valence-corrected chi connectivity index (χ2v) is 6.36. The third-order valence-corrected chi connectivity index (χ3v) is 4.67. The highest BCUT2D eigenvalue weighted by Crippen LogP contribution is 2.37. The van der Waals surface area contributed by atoms with Crippen LogP contribution in [0.5, 0.6) is 0 Å². The van der Waals surface area contributed by atoms with Crippen LogP contribution in [0, 0.1) is 5.41 Å². The zero-order valence-electron chi connectivity index (χ0n) is 11.1. The molecule has 2 aromatic rings. The number of fused-ring (bicyclic) bond motifs is 1. The summed E-state index contributed by atoms with van der Waals surface area (Å²) in [4.78, 5) is 17.9. The van der Waals surface area contributed by atoms with Gasteiger partial charge in [-0.15, -0.1) is 0 Å². The maximum atomic E-state index is 11.4. The first kappa shape index (κ1) is 13.4. The maximum Gasteiger partial charge on any atom is 0.311 e. The lowest BCUT2D eigenvalue weighted by Gasteiger charge is -2.23. The smallest absolute Gasteiger partial charge is 0.311 e. The molecule has 1 unspecified atom stereocenters. The van der Waals surface area contributed by atoms with E-state index in [1.807, 2.05) is 31.2 Å². The molecule has 5 heteroatoms. The number of nitrogens with zero attached hydrogens (tertiary/aromatic N) is 2. The summed E-state index contributed by atoms with van der Waals surface area (Å²) < 4.78 is 0.956. The fourth-order valence-electron chi connectivity index (χ4n) is 2.74. The van der Waals surface area contributed by atoms with Gasteiger partial charge in [0.05, 0.1) is 10.9 Å². The summed E-state index contributed by atoms with van der Waals surface area (Å²) in [6, 6.07) is 7.93. The van der Waals surface area contributed by atoms with Gasteiger partial charge >= 0.3 is 5.97 Å². The second kappa shape index (κ2) is 4.74. The predicted molar refractivity (Wildman–Crippen MR) is 82.0 cm³/mol. The Kier molecular flexibility index (Phi) is 3.17. The number of para-hydroxylation sites is 1. The number of rotatable bonds is 2. The van der Waals surface area contributed by atoms with Crippen molar-refractivity contribution in [2.45, 2.75) is 13.3 Å². The number of hydrogen-bond donors (Lipinski definition) is 1. The average molecular weight is 335 g/mol. The number of carboxylic acids is 1. The topological polar surface area (TPSA) is 53.4 Å². The van der Waals surface area contributed by atoms with Crippen molar-refractivity contribution in [2.75, 3.05) is 18.0 Å². The van der Waals surface area contributed by atoms with E-state index < -0.39 is 11.4 Å². The zero-order valence-corrected chi connectivity index (χ0v) is 12.7. The Labute approximate surface area is 125 Å². The third kappa shape index (κ3) is 2.06. The standard InChI is InChI=1S/C15H15BrN2O2/c1-15(14(19)20)6-8-18(9-15)12-5-7-17-13-10(12)3-2-4-11(13)16/h2-5,7H,6,8-9H2,1H3,(H,19,20). The molecule has 0 saturated carbocycles. The van der Waals surface area contributed by atoms with Gasteiger partial charge in [-0.3, -0.25) is 9.78 Å². The summed E-state index contributed by atoms with van der Waals surface area (Å²) in [5.41, 5.74) is 1.30. The fraction of sp³-hybridized carbons (Fsp3) is 0.333. The Bertz CT molecular complexity index is 689. The van der Waals surface area contributed by atoms with E-state index in [9.17, 15) is 9.90 Å². The van der Waals surface area contributed by atoms with Crippen LogP contribution in [0.3, 0.4) is 0 Å². The number of carboxylic acid groups (broad SMARTS) is 1. The SMILES string of the molecule is CC1(C(=O)O)CCN(c2ccnc3c(Br)cccc23)C1. The van der Waals surface area contributed by atoms with Crippen molar-refractivity contribution >= 4 is 38.5 Å². The minimum absolute atomic E-state index is 0.536. The number of anilines is 1. The summed E-state index contributed by atoms with van der Waals surface area (Å²) in [6.45, 7) is 3.11. The van der Waals surface area contributed by atoms with Crippen LogP contribution in [-0.2, 0) is 4.79 Å². The maximum absolute atomic E-state index is 11.4. The molecular weight excluding hydrogens is 320 g/mol. The first-order chi connectivity index (χ1) is 9.51. The Morgan fingerprint density at radius 2 is 2.25 bits per heavy atom. The molecule has 1 aliphatic rings. The monoisotopic (exact) mass is 334 g/mol. The number of aromatic nitrogens is 1. The number of hydrogen-bond acceptors (Lipinski definition) is 3. The van der Waals surface area contributed by atoms with Gasteiger partial charge in [0.25, 0.3) is 0 Å². The van der Waals surface area contributed by atoms with Gasteiger partial charge in [0.2, 0.25) is 0 Å². The van der Waals surface area contributed by atoms with Crippen LogP contribution in [0.15, 0.2) is 34.9 Å². The van der Waals surface area contributed by atoms with E-state index in [-0.39, 0.29) is 0 Å². The molecule has 1 atom stereocenters. The van der Waals surface area contributed by atoms with Crippen LogP contribution < -0.4 is 4.90 Å². The minimum atomic E-state index is -0.723. The van der Waals surface area contributed by atoms with Crippen molar-refractivity contribution in [1.29, 1.82) is 0 Å². The van der Waals surface area contributed by atoms with E-state index in [2.05, 4.69) is 25.8 Å². The minimum Gasteiger partial charge on any atom is -0.481 e. The lowest BCUT2D eigenvalue weighted by atomic mass is 9.90. The Morgan fingerprint density at radius 1 is 1.45 bits per heavy atom. The van der Waals surface area contributed by atoms with E-state index in [1.165, 1.54) is 0 Å². The average Bonchev–Trinajstić information content (AvgIpc) is 2.83. The van der Waals surface area contributed by atoms with E-state index in [1.54, 1.807) is 6.20 Å². The molecule has 3 rings (SSSR count). The summed E-state index contributed by atoms with van der Waals surface area (Å²) in [5.74, 6) is -0.723. The highest BCUT2D eigenvalue weighted by molar-refractivity contribution is 9.10. The summed E-state index contributed by atoms with van der Waals surface area (Å²) in [7, 11) is 0. The van der Waals surface area contributed by atoms with Crippen molar-refractivity contribution in [3.05, 3.63) is 34.9 Å². The first-order valence-electron chi connectivity index (χ1n) is 6.53. The molecule has 0 bridgehead atoms. The highest BCUT2D eigenvalue weighted by atomic mass is 79.9. The molecule has 0 amide bonds. The van der Waals surface area contributed by atoms with E-state index in [0.717, 1.165) is 27.6 Å². The molecule has 1 N–H and O–H groups in total. The van der Waals surface area contributed by atoms with E-state index in [4.69, 9.17) is 0 Å². The molecule has 1 aromatic carbocycles. The molecule has 2 heterocycles. The molecule has 1 fully saturated rings. The lowest BCUT2D eigenvalue weighted by Crippen LogP contribution is -2.31. The quantitative estimate of drug-likeness (QED) is 0.915. The van der Waals surface area contributed by atoms with Gasteiger partial charge in [-0.1, -0.05) is 12.1 Å². The molecule has 4 nitrogen and oxygen atoms in total. The summed E-state index contributed by atoms with van der Waals surface area (Å²) in [5, 5.41) is 10.4. The van der Waals surface area contributed by atoms with Gasteiger partial charge < -0.3 is 10.0 Å². The molecular formula is C15H15BrN2O2. The van der Waals surface area contributed by atoms with Crippen molar-refractivity contribution in [3.8, 4) is 0 Å². The van der Waals surface area contributed by atoms with Crippen LogP contribution >= 0.6 is 15.9 Å². The molecule has 104 valence electrons. The molecule has 0 aliphatic carbocycles. The Hall–Kier alpha value is -1.62. The summed E-state index contributed by atoms with van der Waals surface area (Å²) in [6.07, 6.45) is 2.44. The molecule has 1 aromatic heterocycles. The largest absolute Gasteiger partial charge is 0.481 e. The van der Waals surface area contributed by atoms with E-state index >= 15 is 0 Å². The number of pyridine rings is 1. The van der Waals surface area contributed by atoms with E-state index in [0.29, 0.717) is 13.0 Å². The predicted octanol–water partition coefficient (Wildman–Crippen LogP) is 3.30. The van der Waals surface area contributed by atoms with Gasteiger partial charge in [-0.05, 0) is 41.4 Å². The van der Waals surface area contributed by atoms with Gasteiger partial charge in [0.15, 0.2) is 0 Å². The normalized spacial score (nSPS) is 22.4. The van der Waals surface area contributed by atoms with Gasteiger partial charge in [-0.25, -0.2) is 0 Å². The van der Waals surface area contributed by atoms with Gasteiger partial charge in [0, 0.05) is 34.8 Å². The zero-order chi connectivity index (χ0) is 14.3. The van der Waals surface area contributed by atoms with Gasteiger partial charge in [0.1, 0.15) is 0 Å². The third-order valence-electron chi connectivity index (χ3n) is 4.03. The number of halogens is 1.